The molecule has 2 aromatic rings. The molecule has 0 saturated carbocycles. The highest BCUT2D eigenvalue weighted by molar-refractivity contribution is 7.21. The van der Waals surface area contributed by atoms with E-state index in [4.69, 9.17) is 9.47 Å². The van der Waals surface area contributed by atoms with E-state index < -0.39 is 0 Å². The van der Waals surface area contributed by atoms with Gasteiger partial charge in [0, 0.05) is 17.2 Å². The van der Waals surface area contributed by atoms with Crippen LogP contribution >= 0.6 is 11.3 Å². The predicted octanol–water partition coefficient (Wildman–Crippen LogP) is 3.53. The smallest absolute Gasteiger partial charge is 0.348 e. The number of hydrogen-bond donors (Lipinski definition) is 0. The molecule has 0 aliphatic carbocycles. The molecule has 4 heteroatoms. The fraction of sp³-hybridized carbons (Fsp3) is 0.357. The molecule has 0 saturated heterocycles. The summed E-state index contributed by atoms with van der Waals surface area (Å²) in [6.45, 7) is 4.73. The summed E-state index contributed by atoms with van der Waals surface area (Å²) in [6.07, 6.45) is 0. The van der Waals surface area contributed by atoms with Gasteiger partial charge in [-0.3, -0.25) is 0 Å². The summed E-state index contributed by atoms with van der Waals surface area (Å²) in [4.78, 5) is 12.6. The van der Waals surface area contributed by atoms with Gasteiger partial charge in [0.2, 0.25) is 0 Å². The van der Waals surface area contributed by atoms with Crippen molar-refractivity contribution in [2.24, 2.45) is 0 Å². The van der Waals surface area contributed by atoms with Gasteiger partial charge in [0.25, 0.3) is 0 Å². The zero-order valence-corrected chi connectivity index (χ0v) is 11.6. The average Bonchev–Trinajstić information content (AvgIpc) is 2.69. The summed E-state index contributed by atoms with van der Waals surface area (Å²) < 4.78 is 11.4. The number of carbonyl (C=O) groups excluding carboxylic acids is 1. The first-order valence-corrected chi connectivity index (χ1v) is 6.67. The fourth-order valence-electron chi connectivity index (χ4n) is 2.05. The van der Waals surface area contributed by atoms with E-state index >= 15 is 0 Å². The molecule has 0 fully saturated rings. The van der Waals surface area contributed by atoms with Crippen LogP contribution in [0.1, 0.15) is 27.7 Å². The number of carbonyl (C=O) groups is 1. The molecule has 18 heavy (non-hydrogen) atoms. The minimum Gasteiger partial charge on any atom is -0.462 e. The van der Waals surface area contributed by atoms with Gasteiger partial charge in [-0.05, 0) is 31.0 Å². The monoisotopic (exact) mass is 264 g/mol. The highest BCUT2D eigenvalue weighted by atomic mass is 32.1. The summed E-state index contributed by atoms with van der Waals surface area (Å²) in [5.41, 5.74) is 2.10. The number of aryl methyl sites for hydroxylation is 1. The van der Waals surface area contributed by atoms with E-state index in [0.29, 0.717) is 18.1 Å². The van der Waals surface area contributed by atoms with Crippen LogP contribution in [-0.4, -0.2) is 19.7 Å². The summed E-state index contributed by atoms with van der Waals surface area (Å²) in [6, 6.07) is 6.04. The van der Waals surface area contributed by atoms with E-state index in [-0.39, 0.29) is 5.97 Å². The number of rotatable bonds is 4. The minimum absolute atomic E-state index is 0.237. The van der Waals surface area contributed by atoms with Crippen LogP contribution in [0, 0.1) is 6.92 Å². The molecule has 96 valence electrons. The fourth-order valence-corrected chi connectivity index (χ4v) is 3.20. The molecule has 0 unspecified atom stereocenters. The molecule has 1 heterocycles. The van der Waals surface area contributed by atoms with Gasteiger partial charge in [0.15, 0.2) is 0 Å². The van der Waals surface area contributed by atoms with Crippen molar-refractivity contribution in [1.29, 1.82) is 0 Å². The Morgan fingerprint density at radius 3 is 2.83 bits per heavy atom. The van der Waals surface area contributed by atoms with Crippen LogP contribution in [0.15, 0.2) is 18.2 Å². The number of methoxy groups -OCH3 is 1. The molecule has 0 spiro atoms. The first kappa shape index (κ1) is 13.1. The van der Waals surface area contributed by atoms with Crippen molar-refractivity contribution in [1.82, 2.24) is 0 Å². The SMILES string of the molecule is CCOC(=O)c1sc2cccc(COC)c2c1C. The largest absolute Gasteiger partial charge is 0.462 e. The molecule has 1 aromatic heterocycles. The quantitative estimate of drug-likeness (QED) is 0.792. The predicted molar refractivity (Wildman–Crippen MR) is 73.2 cm³/mol. The zero-order chi connectivity index (χ0) is 13.1. The first-order valence-electron chi connectivity index (χ1n) is 5.86. The Labute approximate surface area is 110 Å². The van der Waals surface area contributed by atoms with Crippen molar-refractivity contribution in [3.8, 4) is 0 Å². The van der Waals surface area contributed by atoms with Crippen LogP contribution in [0.5, 0.6) is 0 Å². The third-order valence-corrected chi connectivity index (χ3v) is 4.04. The molecular weight excluding hydrogens is 248 g/mol. The van der Waals surface area contributed by atoms with Crippen molar-refractivity contribution in [2.75, 3.05) is 13.7 Å². The van der Waals surface area contributed by atoms with Crippen LogP contribution in [-0.2, 0) is 16.1 Å². The van der Waals surface area contributed by atoms with Gasteiger partial charge >= 0.3 is 5.97 Å². The number of fused-ring (bicyclic) bond motifs is 1. The lowest BCUT2D eigenvalue weighted by Gasteiger charge is -2.03. The van der Waals surface area contributed by atoms with Crippen LogP contribution in [0.2, 0.25) is 0 Å². The third kappa shape index (κ3) is 2.26. The van der Waals surface area contributed by atoms with Gasteiger partial charge in [-0.1, -0.05) is 12.1 Å². The molecule has 1 aromatic carbocycles. The standard InChI is InChI=1S/C14H16O3S/c1-4-17-14(15)13-9(2)12-10(8-16-3)6-5-7-11(12)18-13/h5-7H,4,8H2,1-3H3. The molecule has 3 nitrogen and oxygen atoms in total. The van der Waals surface area contributed by atoms with Gasteiger partial charge in [-0.2, -0.15) is 0 Å². The molecule has 0 aliphatic rings. The number of esters is 1. The van der Waals surface area contributed by atoms with E-state index in [0.717, 1.165) is 21.2 Å². The average molecular weight is 264 g/mol. The van der Waals surface area contributed by atoms with Crippen molar-refractivity contribution in [2.45, 2.75) is 20.5 Å². The first-order chi connectivity index (χ1) is 8.69. The van der Waals surface area contributed by atoms with Crippen molar-refractivity contribution in [3.63, 3.8) is 0 Å². The summed E-state index contributed by atoms with van der Waals surface area (Å²) >= 11 is 1.48. The maximum atomic E-state index is 11.9. The third-order valence-electron chi connectivity index (χ3n) is 2.80. The van der Waals surface area contributed by atoms with E-state index in [9.17, 15) is 4.79 Å². The van der Waals surface area contributed by atoms with E-state index in [1.807, 2.05) is 32.0 Å². The Morgan fingerprint density at radius 1 is 1.39 bits per heavy atom. The van der Waals surface area contributed by atoms with Gasteiger partial charge in [0.05, 0.1) is 13.2 Å². The van der Waals surface area contributed by atoms with Gasteiger partial charge in [0.1, 0.15) is 4.88 Å². The van der Waals surface area contributed by atoms with E-state index in [2.05, 4.69) is 0 Å². The molecular formula is C14H16O3S. The maximum absolute atomic E-state index is 11.9. The molecule has 0 N–H and O–H groups in total. The molecule has 0 aliphatic heterocycles. The molecule has 0 atom stereocenters. The van der Waals surface area contributed by atoms with Crippen molar-refractivity contribution >= 4 is 27.4 Å². The maximum Gasteiger partial charge on any atom is 0.348 e. The van der Waals surface area contributed by atoms with E-state index in [1.54, 1.807) is 7.11 Å². The highest BCUT2D eigenvalue weighted by Crippen LogP contribution is 2.33. The highest BCUT2D eigenvalue weighted by Gasteiger charge is 2.18. The number of ether oxygens (including phenoxy) is 2. The van der Waals surface area contributed by atoms with Crippen LogP contribution in [0.4, 0.5) is 0 Å². The molecule has 0 bridgehead atoms. The van der Waals surface area contributed by atoms with E-state index in [1.165, 1.54) is 11.3 Å². The molecule has 0 radical (unpaired) electrons. The minimum atomic E-state index is -0.237. The second-order valence-electron chi connectivity index (χ2n) is 4.00. The normalized spacial score (nSPS) is 10.8. The lowest BCUT2D eigenvalue weighted by molar-refractivity contribution is 0.0531. The molecule has 2 rings (SSSR count). The second kappa shape index (κ2) is 5.50. The lowest BCUT2D eigenvalue weighted by Crippen LogP contribution is -2.03. The Balaban J connectivity index is 2.56. The number of benzene rings is 1. The van der Waals surface area contributed by atoms with Crippen LogP contribution in [0.25, 0.3) is 10.1 Å². The summed E-state index contributed by atoms with van der Waals surface area (Å²) in [5, 5.41) is 1.12. The van der Waals surface area contributed by atoms with Crippen molar-refractivity contribution in [3.05, 3.63) is 34.2 Å². The molecule has 0 amide bonds. The van der Waals surface area contributed by atoms with Crippen molar-refractivity contribution < 1.29 is 14.3 Å². The lowest BCUT2D eigenvalue weighted by atomic mass is 10.1. The Kier molecular flexibility index (Phi) is 3.99. The number of hydrogen-bond acceptors (Lipinski definition) is 4. The van der Waals surface area contributed by atoms with Gasteiger partial charge in [-0.15, -0.1) is 11.3 Å². The van der Waals surface area contributed by atoms with Crippen LogP contribution in [0.3, 0.4) is 0 Å². The van der Waals surface area contributed by atoms with Crippen LogP contribution < -0.4 is 0 Å². The summed E-state index contributed by atoms with van der Waals surface area (Å²) in [7, 11) is 1.67. The van der Waals surface area contributed by atoms with Gasteiger partial charge < -0.3 is 9.47 Å². The Bertz CT molecular complexity index is 572. The Hall–Kier alpha value is -1.39. The topological polar surface area (TPSA) is 35.5 Å². The summed E-state index contributed by atoms with van der Waals surface area (Å²) in [5.74, 6) is -0.237. The Morgan fingerprint density at radius 2 is 2.17 bits per heavy atom. The van der Waals surface area contributed by atoms with Gasteiger partial charge in [-0.25, -0.2) is 4.79 Å². The zero-order valence-electron chi connectivity index (χ0n) is 10.8. The number of thiophene rings is 1. The second-order valence-corrected chi connectivity index (χ2v) is 5.05.